The first-order valence-electron chi connectivity index (χ1n) is 18.6. The lowest BCUT2D eigenvalue weighted by Gasteiger charge is -2.23. The van der Waals surface area contributed by atoms with Crippen molar-refractivity contribution in [2.24, 2.45) is 0 Å². The van der Waals surface area contributed by atoms with Gasteiger partial charge in [0.1, 0.15) is 17.2 Å². The van der Waals surface area contributed by atoms with E-state index in [0.29, 0.717) is 28.0 Å². The first-order valence-corrected chi connectivity index (χ1v) is 17.1. The highest BCUT2D eigenvalue weighted by Gasteiger charge is 2.36. The van der Waals surface area contributed by atoms with Crippen LogP contribution in [0.3, 0.4) is 0 Å². The summed E-state index contributed by atoms with van der Waals surface area (Å²) in [6.45, 7) is 5.03. The molecule has 3 aromatic heterocycles. The van der Waals surface area contributed by atoms with Crippen molar-refractivity contribution in [1.82, 2.24) is 14.5 Å². The molecule has 0 spiro atoms. The van der Waals surface area contributed by atoms with Crippen molar-refractivity contribution in [3.05, 3.63) is 137 Å². The predicted octanol–water partition coefficient (Wildman–Crippen LogP) is 13.0. The van der Waals surface area contributed by atoms with Crippen molar-refractivity contribution >= 4 is 33.1 Å². The Balaban J connectivity index is 1.43. The summed E-state index contributed by atoms with van der Waals surface area (Å²) in [6.07, 6.45) is -4.75. The minimum atomic E-state index is -4.75. The van der Waals surface area contributed by atoms with E-state index in [2.05, 4.69) is 0 Å². The molecule has 0 saturated carbocycles. The van der Waals surface area contributed by atoms with Crippen LogP contribution < -0.4 is 0 Å². The molecule has 52 heavy (non-hydrogen) atoms. The van der Waals surface area contributed by atoms with Crippen LogP contribution in [0.4, 0.5) is 17.6 Å². The first-order chi connectivity index (χ1) is 26.1. The highest BCUT2D eigenvalue weighted by atomic mass is 19.4. The summed E-state index contributed by atoms with van der Waals surface area (Å²) in [5.41, 5.74) is 4.69. The van der Waals surface area contributed by atoms with Gasteiger partial charge in [0, 0.05) is 20.4 Å². The molecule has 8 aromatic rings. The van der Waals surface area contributed by atoms with Gasteiger partial charge in [-0.3, -0.25) is 4.57 Å². The van der Waals surface area contributed by atoms with Crippen LogP contribution in [0.25, 0.3) is 72.6 Å². The third kappa shape index (κ3) is 5.54. The van der Waals surface area contributed by atoms with E-state index in [1.165, 1.54) is 24.3 Å². The van der Waals surface area contributed by atoms with Crippen LogP contribution >= 0.6 is 0 Å². The lowest BCUT2D eigenvalue weighted by atomic mass is 9.91. The second kappa shape index (κ2) is 12.5. The topological polar surface area (TPSA) is 43.9 Å². The van der Waals surface area contributed by atoms with Crippen molar-refractivity contribution in [2.45, 2.75) is 52.6 Å². The predicted molar refractivity (Wildman–Crippen MR) is 200 cm³/mol. The van der Waals surface area contributed by atoms with Gasteiger partial charge in [0.15, 0.2) is 0 Å². The number of aryl methyl sites for hydroxylation is 1. The average Bonchev–Trinajstić information content (AvgIpc) is 3.72. The van der Waals surface area contributed by atoms with E-state index < -0.39 is 24.4 Å². The Morgan fingerprint density at radius 1 is 0.731 bits per heavy atom. The molecule has 0 bridgehead atoms. The van der Waals surface area contributed by atoms with Gasteiger partial charge < -0.3 is 4.42 Å². The summed E-state index contributed by atoms with van der Waals surface area (Å²) < 4.78 is 93.1. The van der Waals surface area contributed by atoms with Crippen molar-refractivity contribution in [2.75, 3.05) is 0 Å². The number of hydrogen-bond acceptors (Lipinski definition) is 3. The Morgan fingerprint density at radius 3 is 2.06 bits per heavy atom. The van der Waals surface area contributed by atoms with Gasteiger partial charge in [-0.1, -0.05) is 94.4 Å². The number of aromatic nitrogens is 3. The third-order valence-corrected chi connectivity index (χ3v) is 9.60. The fraction of sp³-hybridized carbons (Fsp3) is 0.182. The third-order valence-electron chi connectivity index (χ3n) is 9.60. The van der Waals surface area contributed by atoms with Gasteiger partial charge in [-0.05, 0) is 89.0 Å². The van der Waals surface area contributed by atoms with Crippen LogP contribution in [0, 0.1) is 12.7 Å². The molecule has 0 amide bonds. The number of para-hydroxylation sites is 1. The molecule has 0 aliphatic heterocycles. The number of pyridine rings is 1. The summed E-state index contributed by atoms with van der Waals surface area (Å²) in [5, 5.41) is -0.0346. The number of fused-ring (bicyclic) bond motifs is 4. The molecule has 0 aliphatic carbocycles. The number of nitrogens with zero attached hydrogens (tertiary/aromatic N) is 3. The molecular formula is C44H35F4N3O. The Labute approximate surface area is 302 Å². The average molecular weight is 701 g/mol. The van der Waals surface area contributed by atoms with Gasteiger partial charge in [-0.15, -0.1) is 0 Å². The Hall–Kier alpha value is -5.76. The largest absolute Gasteiger partial charge is 0.437 e. The fourth-order valence-electron chi connectivity index (χ4n) is 7.10. The van der Waals surface area contributed by atoms with E-state index in [0.717, 1.165) is 22.8 Å². The van der Waals surface area contributed by atoms with E-state index in [1.54, 1.807) is 28.8 Å². The number of alkyl halides is 3. The lowest BCUT2D eigenvalue weighted by Crippen LogP contribution is -2.10. The van der Waals surface area contributed by atoms with Gasteiger partial charge in [0.25, 0.3) is 0 Å². The second-order valence-corrected chi connectivity index (χ2v) is 13.6. The number of hydrogen-bond donors (Lipinski definition) is 0. The molecule has 4 nitrogen and oxygen atoms in total. The van der Waals surface area contributed by atoms with E-state index in [4.69, 9.17) is 18.5 Å². The van der Waals surface area contributed by atoms with Gasteiger partial charge >= 0.3 is 6.18 Å². The monoisotopic (exact) mass is 700 g/mol. The van der Waals surface area contributed by atoms with Crippen molar-refractivity contribution in [3.8, 4) is 39.5 Å². The van der Waals surface area contributed by atoms with Crippen LogP contribution in [0.5, 0.6) is 0 Å². The molecule has 0 atom stereocenters. The zero-order chi connectivity index (χ0) is 39.0. The highest BCUT2D eigenvalue weighted by molar-refractivity contribution is 6.11. The number of benzene rings is 5. The van der Waals surface area contributed by atoms with E-state index in [-0.39, 0.29) is 56.4 Å². The van der Waals surface area contributed by atoms with Crippen LogP contribution in [-0.2, 0) is 6.18 Å². The summed E-state index contributed by atoms with van der Waals surface area (Å²) in [7, 11) is 0. The Kier molecular flexibility index (Phi) is 7.18. The lowest BCUT2D eigenvalue weighted by molar-refractivity contribution is -0.136. The summed E-state index contributed by atoms with van der Waals surface area (Å²) >= 11 is 0. The second-order valence-electron chi connectivity index (χ2n) is 13.6. The van der Waals surface area contributed by atoms with Gasteiger partial charge in [0.05, 0.1) is 33.5 Å². The number of imidazole rings is 1. The number of rotatable bonds is 6. The fourth-order valence-corrected chi connectivity index (χ4v) is 7.10. The molecule has 0 aliphatic rings. The molecule has 8 heteroatoms. The summed E-state index contributed by atoms with van der Waals surface area (Å²) in [4.78, 5) is 9.64. The van der Waals surface area contributed by atoms with Crippen molar-refractivity contribution in [3.63, 3.8) is 0 Å². The maximum atomic E-state index is 15.3. The SMILES string of the molecule is [2H]C([2H])([2H])c1cccc2nc(-c3ccc(C(F)(F)F)c4c3oc3nc(-c5ccc(-c6ccccc6)cc5)ccc34)n(-c3c(C(C)C)cc(F)cc3C(C)C)c12. The normalized spacial score (nSPS) is 13.4. The standard InChI is InChI=1S/C44H35F4N3O/c1-24(2)33-22-30(45)23-34(25(3)4)40(33)51-39-26(5)10-9-13-37(39)49-42(51)32-18-20-35(44(46,47)48)38-31-19-21-36(50-43(31)52-41(32)38)29-16-14-28(15-17-29)27-11-7-6-8-12-27/h6-25H,1-5H3/i5D3. The van der Waals surface area contributed by atoms with Crippen molar-refractivity contribution < 1.29 is 26.1 Å². The zero-order valence-electron chi connectivity index (χ0n) is 31.8. The van der Waals surface area contributed by atoms with Gasteiger partial charge in [-0.2, -0.15) is 13.2 Å². The highest BCUT2D eigenvalue weighted by Crippen LogP contribution is 2.46. The molecule has 0 saturated heterocycles. The van der Waals surface area contributed by atoms with Crippen LogP contribution in [-0.4, -0.2) is 14.5 Å². The molecule has 8 rings (SSSR count). The van der Waals surface area contributed by atoms with Crippen molar-refractivity contribution in [1.29, 1.82) is 0 Å². The van der Waals surface area contributed by atoms with Crippen LogP contribution in [0.15, 0.2) is 114 Å². The minimum Gasteiger partial charge on any atom is -0.437 e. The molecule has 0 fully saturated rings. The minimum absolute atomic E-state index is 0.00375. The molecule has 3 heterocycles. The molecule has 0 radical (unpaired) electrons. The molecule has 0 unspecified atom stereocenters. The summed E-state index contributed by atoms with van der Waals surface area (Å²) in [6, 6.07) is 30.7. The van der Waals surface area contributed by atoms with Crippen LogP contribution in [0.1, 0.15) is 65.9 Å². The van der Waals surface area contributed by atoms with E-state index >= 15 is 4.39 Å². The van der Waals surface area contributed by atoms with Gasteiger partial charge in [-0.25, -0.2) is 14.4 Å². The first kappa shape index (κ1) is 29.9. The summed E-state index contributed by atoms with van der Waals surface area (Å²) in [5.74, 6) is -0.756. The quantitative estimate of drug-likeness (QED) is 0.162. The smallest absolute Gasteiger partial charge is 0.417 e. The maximum Gasteiger partial charge on any atom is 0.417 e. The van der Waals surface area contributed by atoms with E-state index in [1.807, 2.05) is 82.3 Å². The number of furan rings is 1. The van der Waals surface area contributed by atoms with Gasteiger partial charge in [0.2, 0.25) is 5.71 Å². The maximum absolute atomic E-state index is 15.3. The molecule has 5 aromatic carbocycles. The van der Waals surface area contributed by atoms with Crippen LogP contribution in [0.2, 0.25) is 0 Å². The molecule has 260 valence electrons. The molecular weight excluding hydrogens is 662 g/mol. The van der Waals surface area contributed by atoms with E-state index in [9.17, 15) is 13.2 Å². The number of halogens is 4. The zero-order valence-corrected chi connectivity index (χ0v) is 28.8. The Morgan fingerprint density at radius 2 is 1.40 bits per heavy atom. The molecule has 0 N–H and O–H groups in total. The Bertz CT molecular complexity index is 2720.